The summed E-state index contributed by atoms with van der Waals surface area (Å²) >= 11 is 0. The van der Waals surface area contributed by atoms with Crippen LogP contribution in [0, 0.1) is 5.92 Å². The second-order valence-corrected chi connectivity index (χ2v) is 3.29. The monoisotopic (exact) mass is 142 g/mol. The summed E-state index contributed by atoms with van der Waals surface area (Å²) < 4.78 is 5.00. The Hall–Kier alpha value is -0.0400. The molecule has 0 aromatic carbocycles. The molecule has 1 nitrogen and oxygen atoms in total. The molecule has 0 unspecified atom stereocenters. The van der Waals surface area contributed by atoms with Crippen molar-refractivity contribution in [1.29, 1.82) is 0 Å². The van der Waals surface area contributed by atoms with Gasteiger partial charge in [0.25, 0.3) is 0 Å². The second kappa shape index (κ2) is 4.73. The predicted molar refractivity (Wildman–Crippen MR) is 43.1 cm³/mol. The molecule has 1 heteroatoms. The van der Waals surface area contributed by atoms with Gasteiger partial charge in [0.1, 0.15) is 0 Å². The van der Waals surface area contributed by atoms with Crippen molar-refractivity contribution in [1.82, 2.24) is 0 Å². The van der Waals surface area contributed by atoms with Gasteiger partial charge in [0.2, 0.25) is 0 Å². The lowest BCUT2D eigenvalue weighted by Gasteiger charge is -2.06. The first-order valence-corrected chi connectivity index (χ1v) is 4.42. The minimum absolute atomic E-state index is 0.955. The lowest BCUT2D eigenvalue weighted by atomic mass is 10.0. The summed E-state index contributed by atoms with van der Waals surface area (Å²) in [5.41, 5.74) is 0. The van der Waals surface area contributed by atoms with Crippen molar-refractivity contribution in [3.8, 4) is 0 Å². The van der Waals surface area contributed by atoms with Crippen molar-refractivity contribution in [2.75, 3.05) is 13.7 Å². The van der Waals surface area contributed by atoms with Crippen molar-refractivity contribution in [2.45, 2.75) is 38.5 Å². The number of ether oxygens (including phenoxy) is 1. The summed E-state index contributed by atoms with van der Waals surface area (Å²) in [7, 11) is 1.79. The predicted octanol–water partition coefficient (Wildman–Crippen LogP) is 2.60. The molecule has 1 aliphatic rings. The van der Waals surface area contributed by atoms with Crippen molar-refractivity contribution in [3.05, 3.63) is 0 Å². The Morgan fingerprint density at radius 3 is 2.60 bits per heavy atom. The molecule has 1 rings (SSSR count). The molecule has 0 radical (unpaired) electrons. The summed E-state index contributed by atoms with van der Waals surface area (Å²) in [6, 6.07) is 0. The largest absolute Gasteiger partial charge is 0.385 e. The Balaban J connectivity index is 1.91. The van der Waals surface area contributed by atoms with Crippen LogP contribution in [-0.4, -0.2) is 13.7 Å². The zero-order chi connectivity index (χ0) is 7.23. The Kier molecular flexibility index (Phi) is 3.81. The van der Waals surface area contributed by atoms with Crippen LogP contribution in [-0.2, 0) is 4.74 Å². The molecule has 0 aromatic rings. The average Bonchev–Trinajstić information content (AvgIpc) is 2.41. The van der Waals surface area contributed by atoms with Crippen LogP contribution < -0.4 is 0 Å². The first-order chi connectivity index (χ1) is 4.93. The summed E-state index contributed by atoms with van der Waals surface area (Å²) in [6.07, 6.45) is 8.55. The van der Waals surface area contributed by atoms with E-state index in [0.29, 0.717) is 0 Å². The van der Waals surface area contributed by atoms with E-state index in [4.69, 9.17) is 4.74 Å². The normalized spacial score (nSPS) is 20.1. The van der Waals surface area contributed by atoms with E-state index in [9.17, 15) is 0 Å². The third kappa shape index (κ3) is 2.70. The Labute approximate surface area is 63.8 Å². The molecular formula is C9H18O. The van der Waals surface area contributed by atoms with Crippen LogP contribution in [0.1, 0.15) is 38.5 Å². The lowest BCUT2D eigenvalue weighted by molar-refractivity contribution is 0.187. The van der Waals surface area contributed by atoms with Crippen molar-refractivity contribution >= 4 is 0 Å². The van der Waals surface area contributed by atoms with Gasteiger partial charge in [-0.1, -0.05) is 25.7 Å². The van der Waals surface area contributed by atoms with Crippen LogP contribution in [0.2, 0.25) is 0 Å². The van der Waals surface area contributed by atoms with Gasteiger partial charge in [-0.15, -0.1) is 0 Å². The molecule has 0 atom stereocenters. The highest BCUT2D eigenvalue weighted by Crippen LogP contribution is 2.28. The van der Waals surface area contributed by atoms with Crippen LogP contribution in [0.4, 0.5) is 0 Å². The molecule has 0 bridgehead atoms. The SMILES string of the molecule is COCCCC1CCCC1. The minimum Gasteiger partial charge on any atom is -0.385 e. The van der Waals surface area contributed by atoms with E-state index < -0.39 is 0 Å². The fourth-order valence-electron chi connectivity index (χ4n) is 1.82. The minimum atomic E-state index is 0.955. The van der Waals surface area contributed by atoms with Crippen LogP contribution in [0.5, 0.6) is 0 Å². The van der Waals surface area contributed by atoms with E-state index in [1.807, 2.05) is 0 Å². The molecule has 0 aromatic heterocycles. The number of hydrogen-bond acceptors (Lipinski definition) is 1. The zero-order valence-electron chi connectivity index (χ0n) is 6.94. The van der Waals surface area contributed by atoms with Gasteiger partial charge >= 0.3 is 0 Å². The molecule has 1 aliphatic carbocycles. The van der Waals surface area contributed by atoms with Crippen molar-refractivity contribution < 1.29 is 4.74 Å². The van der Waals surface area contributed by atoms with E-state index >= 15 is 0 Å². The average molecular weight is 142 g/mol. The smallest absolute Gasteiger partial charge is 0.0462 e. The molecule has 0 heterocycles. The Morgan fingerprint density at radius 2 is 2.00 bits per heavy atom. The van der Waals surface area contributed by atoms with Gasteiger partial charge in [-0.05, 0) is 18.8 Å². The maximum Gasteiger partial charge on any atom is 0.0462 e. The molecule has 0 N–H and O–H groups in total. The first-order valence-electron chi connectivity index (χ1n) is 4.42. The Bertz CT molecular complexity index is 74.8. The summed E-state index contributed by atoms with van der Waals surface area (Å²) in [4.78, 5) is 0. The fraction of sp³-hybridized carbons (Fsp3) is 1.00. The molecule has 60 valence electrons. The van der Waals surface area contributed by atoms with Gasteiger partial charge in [0.15, 0.2) is 0 Å². The zero-order valence-corrected chi connectivity index (χ0v) is 6.94. The molecule has 1 saturated carbocycles. The summed E-state index contributed by atoms with van der Waals surface area (Å²) in [6.45, 7) is 0.955. The second-order valence-electron chi connectivity index (χ2n) is 3.29. The molecule has 10 heavy (non-hydrogen) atoms. The first kappa shape index (κ1) is 8.06. The van der Waals surface area contributed by atoms with E-state index in [0.717, 1.165) is 12.5 Å². The van der Waals surface area contributed by atoms with Gasteiger partial charge in [0, 0.05) is 13.7 Å². The third-order valence-electron chi connectivity index (χ3n) is 2.44. The van der Waals surface area contributed by atoms with Gasteiger partial charge in [-0.25, -0.2) is 0 Å². The van der Waals surface area contributed by atoms with E-state index in [1.54, 1.807) is 7.11 Å². The van der Waals surface area contributed by atoms with Crippen LogP contribution in [0.3, 0.4) is 0 Å². The highest BCUT2D eigenvalue weighted by Gasteiger charge is 2.13. The van der Waals surface area contributed by atoms with Gasteiger partial charge < -0.3 is 4.74 Å². The number of hydrogen-bond donors (Lipinski definition) is 0. The molecule has 0 aliphatic heterocycles. The van der Waals surface area contributed by atoms with E-state index in [2.05, 4.69) is 0 Å². The molecule has 0 spiro atoms. The molecule has 1 fully saturated rings. The van der Waals surface area contributed by atoms with E-state index in [-0.39, 0.29) is 0 Å². The maximum absolute atomic E-state index is 5.00. The number of rotatable bonds is 4. The van der Waals surface area contributed by atoms with E-state index in [1.165, 1.54) is 38.5 Å². The highest BCUT2D eigenvalue weighted by atomic mass is 16.5. The molecule has 0 amide bonds. The molecular weight excluding hydrogens is 124 g/mol. The van der Waals surface area contributed by atoms with Crippen LogP contribution in [0.15, 0.2) is 0 Å². The standard InChI is InChI=1S/C9H18O/c1-10-8-4-7-9-5-2-3-6-9/h9H,2-8H2,1H3. The topological polar surface area (TPSA) is 9.23 Å². The highest BCUT2D eigenvalue weighted by molar-refractivity contribution is 4.66. The van der Waals surface area contributed by atoms with Crippen molar-refractivity contribution in [2.24, 2.45) is 5.92 Å². The Morgan fingerprint density at radius 1 is 1.30 bits per heavy atom. The fourth-order valence-corrected chi connectivity index (χ4v) is 1.82. The van der Waals surface area contributed by atoms with Crippen LogP contribution in [0.25, 0.3) is 0 Å². The lowest BCUT2D eigenvalue weighted by Crippen LogP contribution is -1.96. The van der Waals surface area contributed by atoms with Crippen molar-refractivity contribution in [3.63, 3.8) is 0 Å². The third-order valence-corrected chi connectivity index (χ3v) is 2.44. The molecule has 0 saturated heterocycles. The number of methoxy groups -OCH3 is 1. The summed E-state index contributed by atoms with van der Waals surface area (Å²) in [5, 5.41) is 0. The van der Waals surface area contributed by atoms with Crippen LogP contribution >= 0.6 is 0 Å². The van der Waals surface area contributed by atoms with Gasteiger partial charge in [-0.3, -0.25) is 0 Å². The van der Waals surface area contributed by atoms with Gasteiger partial charge in [-0.2, -0.15) is 0 Å². The summed E-state index contributed by atoms with van der Waals surface area (Å²) in [5.74, 6) is 1.04. The maximum atomic E-state index is 5.00. The quantitative estimate of drug-likeness (QED) is 0.548. The van der Waals surface area contributed by atoms with Gasteiger partial charge in [0.05, 0.1) is 0 Å².